The molecule has 4 rings (SSSR count). The molecule has 1 atom stereocenters. The second-order valence-electron chi connectivity index (χ2n) is 7.47. The van der Waals surface area contributed by atoms with E-state index in [1.165, 1.54) is 0 Å². The fourth-order valence-electron chi connectivity index (χ4n) is 4.03. The van der Waals surface area contributed by atoms with E-state index in [1.54, 1.807) is 16.2 Å². The first-order valence-corrected chi connectivity index (χ1v) is 10.6. The van der Waals surface area contributed by atoms with Crippen LogP contribution in [0.1, 0.15) is 39.7 Å². The van der Waals surface area contributed by atoms with E-state index in [4.69, 9.17) is 0 Å². The maximum absolute atomic E-state index is 13.0. The first-order chi connectivity index (χ1) is 13.5. The number of aliphatic hydroxyl groups is 1. The van der Waals surface area contributed by atoms with Crippen LogP contribution in [0.5, 0.6) is 0 Å². The van der Waals surface area contributed by atoms with Gasteiger partial charge in [-0.2, -0.15) is 0 Å². The molecule has 2 aromatic rings. The van der Waals surface area contributed by atoms with E-state index >= 15 is 0 Å². The number of anilines is 1. The number of aliphatic hydroxyl groups excluding tert-OH is 1. The third kappa shape index (κ3) is 3.64. The van der Waals surface area contributed by atoms with Gasteiger partial charge in [0, 0.05) is 42.3 Å². The molecule has 2 aliphatic rings. The number of benzene rings is 1. The molecular formula is C21H25N3O3S. The number of urea groups is 1. The van der Waals surface area contributed by atoms with Gasteiger partial charge >= 0.3 is 6.03 Å². The summed E-state index contributed by atoms with van der Waals surface area (Å²) in [7, 11) is 0. The molecular weight excluding hydrogens is 374 g/mol. The number of aryl methyl sites for hydroxylation is 1. The van der Waals surface area contributed by atoms with Crippen molar-refractivity contribution in [1.82, 2.24) is 10.2 Å². The zero-order chi connectivity index (χ0) is 19.7. The Hall–Kier alpha value is -2.38. The summed E-state index contributed by atoms with van der Waals surface area (Å²) in [6.45, 7) is 4.46. The van der Waals surface area contributed by atoms with Crippen LogP contribution in [0, 0.1) is 12.8 Å². The van der Waals surface area contributed by atoms with Crippen molar-refractivity contribution in [3.63, 3.8) is 0 Å². The molecule has 3 heterocycles. The second kappa shape index (κ2) is 7.93. The summed E-state index contributed by atoms with van der Waals surface area (Å²) < 4.78 is 0. The summed E-state index contributed by atoms with van der Waals surface area (Å²) in [5.74, 6) is 0.175. The molecule has 1 aromatic heterocycles. The average molecular weight is 400 g/mol. The van der Waals surface area contributed by atoms with Gasteiger partial charge in [0.05, 0.1) is 6.10 Å². The fourth-order valence-corrected chi connectivity index (χ4v) is 4.83. The monoisotopic (exact) mass is 399 g/mol. The highest BCUT2D eigenvalue weighted by atomic mass is 32.1. The standard InChI is InChI=1S/C21H25N3O3S/c1-14-4-5-16(13-17(14)24-11-8-22-21(24)27)20(26)23-9-6-15(7-10-23)19(25)18-3-2-12-28-18/h2-5,12-13,15,19,25H,6-11H2,1H3,(H,22,27). The number of hydrogen-bond acceptors (Lipinski definition) is 4. The lowest BCUT2D eigenvalue weighted by molar-refractivity contribution is 0.0474. The first kappa shape index (κ1) is 19.0. The van der Waals surface area contributed by atoms with Crippen LogP contribution in [0.4, 0.5) is 10.5 Å². The first-order valence-electron chi connectivity index (χ1n) is 9.71. The van der Waals surface area contributed by atoms with Crippen molar-refractivity contribution in [3.8, 4) is 0 Å². The van der Waals surface area contributed by atoms with Crippen molar-refractivity contribution in [2.24, 2.45) is 5.92 Å². The fraction of sp³-hybridized carbons (Fsp3) is 0.429. The van der Waals surface area contributed by atoms with Gasteiger partial charge < -0.3 is 15.3 Å². The number of hydrogen-bond donors (Lipinski definition) is 2. The molecule has 0 bridgehead atoms. The molecule has 3 amide bonds. The lowest BCUT2D eigenvalue weighted by Gasteiger charge is -2.34. The summed E-state index contributed by atoms with van der Waals surface area (Å²) in [4.78, 5) is 29.6. The van der Waals surface area contributed by atoms with Gasteiger partial charge in [0.15, 0.2) is 0 Å². The number of likely N-dealkylation sites (tertiary alicyclic amines) is 1. The molecule has 28 heavy (non-hydrogen) atoms. The van der Waals surface area contributed by atoms with Crippen molar-refractivity contribution < 1.29 is 14.7 Å². The summed E-state index contributed by atoms with van der Waals surface area (Å²) in [5, 5.41) is 15.3. The van der Waals surface area contributed by atoms with Crippen molar-refractivity contribution in [2.75, 3.05) is 31.1 Å². The van der Waals surface area contributed by atoms with E-state index in [0.29, 0.717) is 31.7 Å². The Balaban J connectivity index is 1.43. The maximum Gasteiger partial charge on any atom is 0.322 e. The molecule has 0 radical (unpaired) electrons. The maximum atomic E-state index is 13.0. The number of thiophene rings is 1. The number of piperidine rings is 1. The number of amides is 3. The number of nitrogens with zero attached hydrogens (tertiary/aromatic N) is 2. The second-order valence-corrected chi connectivity index (χ2v) is 8.45. The lowest BCUT2D eigenvalue weighted by Crippen LogP contribution is -2.39. The zero-order valence-corrected chi connectivity index (χ0v) is 16.7. The summed E-state index contributed by atoms with van der Waals surface area (Å²) in [6.07, 6.45) is 1.13. The number of nitrogens with one attached hydrogen (secondary N) is 1. The van der Waals surface area contributed by atoms with Gasteiger partial charge in [-0.3, -0.25) is 9.69 Å². The molecule has 7 heteroatoms. The highest BCUT2D eigenvalue weighted by Gasteiger charge is 2.30. The van der Waals surface area contributed by atoms with Crippen LogP contribution in [0.15, 0.2) is 35.7 Å². The minimum atomic E-state index is -0.447. The molecule has 2 fully saturated rings. The summed E-state index contributed by atoms with van der Waals surface area (Å²) in [5.41, 5.74) is 2.38. The molecule has 1 aromatic carbocycles. The molecule has 2 N–H and O–H groups in total. The highest BCUT2D eigenvalue weighted by Crippen LogP contribution is 2.33. The van der Waals surface area contributed by atoms with Crippen molar-refractivity contribution in [3.05, 3.63) is 51.7 Å². The van der Waals surface area contributed by atoms with E-state index in [0.717, 1.165) is 29.0 Å². The molecule has 0 spiro atoms. The van der Waals surface area contributed by atoms with E-state index in [-0.39, 0.29) is 17.9 Å². The Bertz CT molecular complexity index is 860. The predicted octanol–water partition coefficient (Wildman–Crippen LogP) is 3.17. The van der Waals surface area contributed by atoms with Crippen LogP contribution < -0.4 is 10.2 Å². The number of carbonyl (C=O) groups excluding carboxylic acids is 2. The van der Waals surface area contributed by atoms with Crippen LogP contribution in [-0.2, 0) is 0 Å². The normalized spacial score (nSPS) is 19.0. The molecule has 148 valence electrons. The third-order valence-corrected chi connectivity index (χ3v) is 6.65. The van der Waals surface area contributed by atoms with Gasteiger partial charge in [-0.25, -0.2) is 4.79 Å². The minimum Gasteiger partial charge on any atom is -0.387 e. The van der Waals surface area contributed by atoms with Crippen molar-refractivity contribution in [2.45, 2.75) is 25.9 Å². The summed E-state index contributed by atoms with van der Waals surface area (Å²) in [6, 6.07) is 9.38. The Morgan fingerprint density at radius 1 is 1.25 bits per heavy atom. The molecule has 1 unspecified atom stereocenters. The van der Waals surface area contributed by atoms with E-state index in [1.807, 2.05) is 47.5 Å². The van der Waals surface area contributed by atoms with Gasteiger partial charge in [-0.15, -0.1) is 11.3 Å². The third-order valence-electron chi connectivity index (χ3n) is 5.71. The Morgan fingerprint density at radius 3 is 2.68 bits per heavy atom. The molecule has 0 saturated carbocycles. The SMILES string of the molecule is Cc1ccc(C(=O)N2CCC(C(O)c3cccs3)CC2)cc1N1CCNC1=O. The van der Waals surface area contributed by atoms with Crippen LogP contribution in [0.3, 0.4) is 0 Å². The van der Waals surface area contributed by atoms with Crippen LogP contribution in [-0.4, -0.2) is 48.1 Å². The average Bonchev–Trinajstić information content (AvgIpc) is 3.39. The quantitative estimate of drug-likeness (QED) is 0.829. The topological polar surface area (TPSA) is 72.9 Å². The van der Waals surface area contributed by atoms with Crippen LogP contribution >= 0.6 is 11.3 Å². The Kier molecular flexibility index (Phi) is 5.37. The van der Waals surface area contributed by atoms with Gasteiger partial charge in [0.1, 0.15) is 0 Å². The number of carbonyl (C=O) groups is 2. The number of rotatable bonds is 4. The van der Waals surface area contributed by atoms with E-state index < -0.39 is 6.10 Å². The molecule has 2 saturated heterocycles. The minimum absolute atomic E-state index is 0.00933. The largest absolute Gasteiger partial charge is 0.387 e. The van der Waals surface area contributed by atoms with Crippen LogP contribution in [0.2, 0.25) is 0 Å². The molecule has 6 nitrogen and oxygen atoms in total. The van der Waals surface area contributed by atoms with E-state index in [2.05, 4.69) is 5.32 Å². The Morgan fingerprint density at radius 2 is 2.04 bits per heavy atom. The smallest absolute Gasteiger partial charge is 0.322 e. The Labute approximate surface area is 168 Å². The van der Waals surface area contributed by atoms with Gasteiger partial charge in [0.25, 0.3) is 5.91 Å². The summed E-state index contributed by atoms with van der Waals surface area (Å²) >= 11 is 1.58. The molecule has 0 aliphatic carbocycles. The van der Waals surface area contributed by atoms with Gasteiger partial charge in [0.2, 0.25) is 0 Å². The lowest BCUT2D eigenvalue weighted by atomic mass is 9.90. The van der Waals surface area contributed by atoms with Crippen molar-refractivity contribution in [1.29, 1.82) is 0 Å². The van der Waals surface area contributed by atoms with Gasteiger partial charge in [-0.05, 0) is 54.8 Å². The van der Waals surface area contributed by atoms with Gasteiger partial charge in [-0.1, -0.05) is 12.1 Å². The highest BCUT2D eigenvalue weighted by molar-refractivity contribution is 7.10. The zero-order valence-electron chi connectivity index (χ0n) is 15.9. The molecule has 2 aliphatic heterocycles. The van der Waals surface area contributed by atoms with Crippen molar-refractivity contribution >= 4 is 29.0 Å². The van der Waals surface area contributed by atoms with Crippen LogP contribution in [0.25, 0.3) is 0 Å². The predicted molar refractivity (Wildman–Crippen MR) is 110 cm³/mol. The van der Waals surface area contributed by atoms with E-state index in [9.17, 15) is 14.7 Å².